The molecule has 0 saturated carbocycles. The van der Waals surface area contributed by atoms with Gasteiger partial charge in [0.2, 0.25) is 0 Å². The molecule has 0 spiro atoms. The monoisotopic (exact) mass is 220 g/mol. The molecule has 0 rings (SSSR count). The van der Waals surface area contributed by atoms with Gasteiger partial charge in [-0.1, -0.05) is 0 Å². The molecular formula is C9H20N2O2S. The van der Waals surface area contributed by atoms with Gasteiger partial charge in [0.1, 0.15) is 6.04 Å². The third-order valence-corrected chi connectivity index (χ3v) is 3.08. The summed E-state index contributed by atoms with van der Waals surface area (Å²) >= 11 is 1.77. The van der Waals surface area contributed by atoms with Gasteiger partial charge < -0.3 is 10.8 Å². The van der Waals surface area contributed by atoms with Crippen molar-refractivity contribution >= 4 is 17.7 Å². The summed E-state index contributed by atoms with van der Waals surface area (Å²) in [6.45, 7) is 2.19. The zero-order chi connectivity index (χ0) is 11.1. The number of carboxylic acid groups (broad SMARTS) is 1. The van der Waals surface area contributed by atoms with Gasteiger partial charge in [-0.25, -0.2) is 0 Å². The number of carboxylic acids is 1. The average molecular weight is 220 g/mol. The van der Waals surface area contributed by atoms with Crippen LogP contribution in [0, 0.1) is 0 Å². The third-order valence-electron chi connectivity index (χ3n) is 2.43. The van der Waals surface area contributed by atoms with Crippen molar-refractivity contribution in [2.75, 3.05) is 25.6 Å². The Hall–Kier alpha value is -0.260. The van der Waals surface area contributed by atoms with Crippen LogP contribution in [0.2, 0.25) is 0 Å². The van der Waals surface area contributed by atoms with Gasteiger partial charge in [0, 0.05) is 12.6 Å². The highest BCUT2D eigenvalue weighted by molar-refractivity contribution is 7.98. The molecule has 0 bridgehead atoms. The first-order valence-electron chi connectivity index (χ1n) is 4.68. The number of nitrogens with zero attached hydrogens (tertiary/aromatic N) is 1. The lowest BCUT2D eigenvalue weighted by atomic mass is 10.1. The Labute approximate surface area is 89.8 Å². The number of rotatable bonds is 7. The van der Waals surface area contributed by atoms with Crippen LogP contribution in [-0.2, 0) is 4.79 Å². The van der Waals surface area contributed by atoms with E-state index in [4.69, 9.17) is 10.8 Å². The third kappa shape index (κ3) is 4.30. The van der Waals surface area contributed by atoms with E-state index in [1.54, 1.807) is 11.8 Å². The lowest BCUT2D eigenvalue weighted by Gasteiger charge is -2.29. The predicted octanol–water partition coefficient (Wildman–Crippen LogP) is 0.472. The SMILES string of the molecule is CSCCC(C)N(C)C(CN)C(=O)O. The molecule has 0 radical (unpaired) electrons. The number of hydrogen-bond donors (Lipinski definition) is 2. The van der Waals surface area contributed by atoms with Crippen molar-refractivity contribution in [2.45, 2.75) is 25.4 Å². The van der Waals surface area contributed by atoms with Gasteiger partial charge in [-0.05, 0) is 32.4 Å². The molecule has 0 aliphatic carbocycles. The second-order valence-electron chi connectivity index (χ2n) is 3.39. The van der Waals surface area contributed by atoms with Crippen molar-refractivity contribution in [3.8, 4) is 0 Å². The van der Waals surface area contributed by atoms with Crippen LogP contribution in [0.15, 0.2) is 0 Å². The Bertz CT molecular complexity index is 178. The Balaban J connectivity index is 4.12. The van der Waals surface area contributed by atoms with E-state index in [1.807, 2.05) is 25.1 Å². The normalized spacial score (nSPS) is 15.5. The summed E-state index contributed by atoms with van der Waals surface area (Å²) in [5.41, 5.74) is 5.41. The summed E-state index contributed by atoms with van der Waals surface area (Å²) < 4.78 is 0. The van der Waals surface area contributed by atoms with E-state index < -0.39 is 12.0 Å². The Morgan fingerprint density at radius 1 is 1.64 bits per heavy atom. The van der Waals surface area contributed by atoms with Crippen LogP contribution in [0.1, 0.15) is 13.3 Å². The zero-order valence-corrected chi connectivity index (χ0v) is 9.88. The molecule has 0 amide bonds. The first kappa shape index (κ1) is 13.7. The quantitative estimate of drug-likeness (QED) is 0.653. The van der Waals surface area contributed by atoms with Crippen molar-refractivity contribution in [1.29, 1.82) is 0 Å². The Kier molecular flexibility index (Phi) is 6.96. The van der Waals surface area contributed by atoms with Gasteiger partial charge in [0.05, 0.1) is 0 Å². The van der Waals surface area contributed by atoms with Gasteiger partial charge in [0.15, 0.2) is 0 Å². The van der Waals surface area contributed by atoms with Crippen LogP contribution in [0.3, 0.4) is 0 Å². The van der Waals surface area contributed by atoms with Crippen molar-refractivity contribution in [3.63, 3.8) is 0 Å². The average Bonchev–Trinajstić information content (AvgIpc) is 2.14. The minimum absolute atomic E-state index is 0.162. The number of aliphatic carboxylic acids is 1. The maximum absolute atomic E-state index is 10.8. The summed E-state index contributed by atoms with van der Waals surface area (Å²) in [5.74, 6) is 0.202. The van der Waals surface area contributed by atoms with E-state index in [0.717, 1.165) is 12.2 Å². The second kappa shape index (κ2) is 7.09. The van der Waals surface area contributed by atoms with Gasteiger partial charge >= 0.3 is 5.97 Å². The van der Waals surface area contributed by atoms with E-state index in [-0.39, 0.29) is 12.6 Å². The van der Waals surface area contributed by atoms with Crippen LogP contribution in [-0.4, -0.2) is 53.7 Å². The van der Waals surface area contributed by atoms with Crippen molar-refractivity contribution in [1.82, 2.24) is 4.90 Å². The lowest BCUT2D eigenvalue weighted by molar-refractivity contribution is -0.143. The molecule has 0 aliphatic heterocycles. The largest absolute Gasteiger partial charge is 0.480 e. The number of likely N-dealkylation sites (N-methyl/N-ethyl adjacent to an activating group) is 1. The van der Waals surface area contributed by atoms with Gasteiger partial charge in [0.25, 0.3) is 0 Å². The molecule has 5 heteroatoms. The highest BCUT2D eigenvalue weighted by Crippen LogP contribution is 2.09. The molecule has 3 N–H and O–H groups in total. The number of hydrogen-bond acceptors (Lipinski definition) is 4. The van der Waals surface area contributed by atoms with Crippen LogP contribution < -0.4 is 5.73 Å². The molecule has 0 aromatic carbocycles. The fourth-order valence-electron chi connectivity index (χ4n) is 1.24. The first-order chi connectivity index (χ1) is 6.54. The van der Waals surface area contributed by atoms with Crippen LogP contribution >= 0.6 is 11.8 Å². The Morgan fingerprint density at radius 3 is 2.57 bits per heavy atom. The summed E-state index contributed by atoms with van der Waals surface area (Å²) in [6, 6.07) is -0.307. The van der Waals surface area contributed by atoms with E-state index in [2.05, 4.69) is 0 Å². The van der Waals surface area contributed by atoms with Crippen LogP contribution in [0.4, 0.5) is 0 Å². The van der Waals surface area contributed by atoms with Crippen molar-refractivity contribution in [2.24, 2.45) is 5.73 Å². The lowest BCUT2D eigenvalue weighted by Crippen LogP contribution is -2.48. The van der Waals surface area contributed by atoms with Gasteiger partial charge in [-0.15, -0.1) is 0 Å². The van der Waals surface area contributed by atoms with Crippen molar-refractivity contribution < 1.29 is 9.90 Å². The topological polar surface area (TPSA) is 66.6 Å². The molecular weight excluding hydrogens is 200 g/mol. The molecule has 0 heterocycles. The number of thioether (sulfide) groups is 1. The summed E-state index contributed by atoms with van der Waals surface area (Å²) in [7, 11) is 1.82. The van der Waals surface area contributed by atoms with E-state index in [0.29, 0.717) is 0 Å². The molecule has 0 aromatic heterocycles. The van der Waals surface area contributed by atoms with E-state index in [9.17, 15) is 4.79 Å². The number of nitrogens with two attached hydrogens (primary N) is 1. The summed E-state index contributed by atoms with van der Waals surface area (Å²) in [6.07, 6.45) is 3.03. The summed E-state index contributed by atoms with van der Waals surface area (Å²) in [5, 5.41) is 8.89. The number of carbonyl (C=O) groups is 1. The molecule has 4 nitrogen and oxygen atoms in total. The Morgan fingerprint density at radius 2 is 2.21 bits per heavy atom. The molecule has 0 aromatic rings. The highest BCUT2D eigenvalue weighted by Gasteiger charge is 2.24. The first-order valence-corrected chi connectivity index (χ1v) is 6.07. The minimum atomic E-state index is -0.842. The minimum Gasteiger partial charge on any atom is -0.480 e. The maximum Gasteiger partial charge on any atom is 0.322 e. The molecule has 0 fully saturated rings. The van der Waals surface area contributed by atoms with Gasteiger partial charge in [-0.2, -0.15) is 11.8 Å². The van der Waals surface area contributed by atoms with Crippen molar-refractivity contribution in [3.05, 3.63) is 0 Å². The highest BCUT2D eigenvalue weighted by atomic mass is 32.2. The van der Waals surface area contributed by atoms with Crippen LogP contribution in [0.5, 0.6) is 0 Å². The fourth-order valence-corrected chi connectivity index (χ4v) is 1.82. The van der Waals surface area contributed by atoms with E-state index in [1.165, 1.54) is 0 Å². The smallest absolute Gasteiger partial charge is 0.322 e. The molecule has 84 valence electrons. The molecule has 0 aliphatic rings. The molecule has 2 unspecified atom stereocenters. The maximum atomic E-state index is 10.8. The molecule has 14 heavy (non-hydrogen) atoms. The molecule has 0 saturated heterocycles. The second-order valence-corrected chi connectivity index (χ2v) is 4.37. The molecule has 2 atom stereocenters. The zero-order valence-electron chi connectivity index (χ0n) is 9.06. The summed E-state index contributed by atoms with van der Waals surface area (Å²) in [4.78, 5) is 12.7. The van der Waals surface area contributed by atoms with Gasteiger partial charge in [-0.3, -0.25) is 9.69 Å². The van der Waals surface area contributed by atoms with Crippen LogP contribution in [0.25, 0.3) is 0 Å². The fraction of sp³-hybridized carbons (Fsp3) is 0.889. The van der Waals surface area contributed by atoms with E-state index >= 15 is 0 Å². The standard InChI is InChI=1S/C9H20N2O2S/c1-7(4-5-14-3)11(2)8(6-10)9(12)13/h7-8H,4-6,10H2,1-3H3,(H,12,13). The predicted molar refractivity (Wildman–Crippen MR) is 60.7 cm³/mol.